The van der Waals surface area contributed by atoms with Gasteiger partial charge in [0, 0.05) is 18.3 Å². The Labute approximate surface area is 86.1 Å². The fraction of sp³-hybridized carbons (Fsp3) is 0.727. The number of nitrogens with zero attached hydrogens (tertiary/aromatic N) is 1. The zero-order valence-electron chi connectivity index (χ0n) is 9.21. The maximum absolute atomic E-state index is 5.43. The molecular formula is C11H21N3. The van der Waals surface area contributed by atoms with Crippen LogP contribution in [0, 0.1) is 0 Å². The van der Waals surface area contributed by atoms with Crippen LogP contribution in [-0.2, 0) is 6.42 Å². The highest BCUT2D eigenvalue weighted by Gasteiger charge is 2.03. The highest BCUT2D eigenvalue weighted by molar-refractivity contribution is 5.05. The number of hydrogen-bond donors (Lipinski definition) is 2. The summed E-state index contributed by atoms with van der Waals surface area (Å²) < 4.78 is 0. The van der Waals surface area contributed by atoms with Gasteiger partial charge < -0.3 is 10.7 Å². The molecule has 0 spiro atoms. The van der Waals surface area contributed by atoms with E-state index in [-0.39, 0.29) is 0 Å². The molecule has 0 amide bonds. The fourth-order valence-electron chi connectivity index (χ4n) is 1.41. The molecule has 3 N–H and O–H groups in total. The van der Waals surface area contributed by atoms with E-state index in [0.29, 0.717) is 5.92 Å². The Kier molecular flexibility index (Phi) is 4.66. The van der Waals surface area contributed by atoms with Gasteiger partial charge in [0.1, 0.15) is 5.82 Å². The minimum Gasteiger partial charge on any atom is -0.346 e. The van der Waals surface area contributed by atoms with Gasteiger partial charge in [-0.3, -0.25) is 0 Å². The molecule has 0 fully saturated rings. The van der Waals surface area contributed by atoms with Gasteiger partial charge in [0.05, 0.1) is 0 Å². The molecule has 0 radical (unpaired) electrons. The summed E-state index contributed by atoms with van der Waals surface area (Å²) in [5, 5.41) is 0. The maximum atomic E-state index is 5.43. The molecule has 80 valence electrons. The van der Waals surface area contributed by atoms with Gasteiger partial charge in [-0.1, -0.05) is 20.3 Å². The Hall–Kier alpha value is -0.830. The SMILES string of the molecule is CC(C)c1cnc(CCCCCN)[nH]1. The standard InChI is InChI=1S/C11H21N3/c1-9(2)10-8-13-11(14-10)6-4-3-5-7-12/h8-9H,3-7,12H2,1-2H3,(H,13,14). The average Bonchev–Trinajstić information content (AvgIpc) is 2.61. The van der Waals surface area contributed by atoms with Crippen LogP contribution in [-0.4, -0.2) is 16.5 Å². The van der Waals surface area contributed by atoms with E-state index in [4.69, 9.17) is 5.73 Å². The summed E-state index contributed by atoms with van der Waals surface area (Å²) in [6, 6.07) is 0. The zero-order chi connectivity index (χ0) is 10.4. The first-order chi connectivity index (χ1) is 6.74. The molecule has 1 heterocycles. The lowest BCUT2D eigenvalue weighted by Crippen LogP contribution is -1.98. The predicted molar refractivity (Wildman–Crippen MR) is 59.3 cm³/mol. The van der Waals surface area contributed by atoms with Crippen molar-refractivity contribution >= 4 is 0 Å². The van der Waals surface area contributed by atoms with Gasteiger partial charge in [-0.15, -0.1) is 0 Å². The van der Waals surface area contributed by atoms with Gasteiger partial charge in [0.15, 0.2) is 0 Å². The predicted octanol–water partition coefficient (Wildman–Crippen LogP) is 2.20. The van der Waals surface area contributed by atoms with Gasteiger partial charge >= 0.3 is 0 Å². The third-order valence-electron chi connectivity index (χ3n) is 2.39. The smallest absolute Gasteiger partial charge is 0.106 e. The minimum atomic E-state index is 0.542. The minimum absolute atomic E-state index is 0.542. The lowest BCUT2D eigenvalue weighted by molar-refractivity contribution is 0.671. The number of aromatic amines is 1. The van der Waals surface area contributed by atoms with E-state index in [1.807, 2.05) is 6.20 Å². The second-order valence-electron chi connectivity index (χ2n) is 4.04. The molecule has 1 aromatic rings. The summed E-state index contributed by atoms with van der Waals surface area (Å²) >= 11 is 0. The molecule has 0 atom stereocenters. The van der Waals surface area contributed by atoms with Crippen LogP contribution in [0.25, 0.3) is 0 Å². The van der Waals surface area contributed by atoms with E-state index >= 15 is 0 Å². The normalized spacial score (nSPS) is 11.1. The van der Waals surface area contributed by atoms with Crippen molar-refractivity contribution < 1.29 is 0 Å². The summed E-state index contributed by atoms with van der Waals surface area (Å²) in [7, 11) is 0. The third kappa shape index (κ3) is 3.50. The van der Waals surface area contributed by atoms with E-state index < -0.39 is 0 Å². The van der Waals surface area contributed by atoms with Crippen LogP contribution in [0.5, 0.6) is 0 Å². The summed E-state index contributed by atoms with van der Waals surface area (Å²) in [5.74, 6) is 1.66. The molecule has 0 aromatic carbocycles. The number of imidazole rings is 1. The van der Waals surface area contributed by atoms with Crippen LogP contribution >= 0.6 is 0 Å². The lowest BCUT2D eigenvalue weighted by Gasteiger charge is -1.99. The lowest BCUT2D eigenvalue weighted by atomic mass is 10.1. The molecule has 1 rings (SSSR count). The first kappa shape index (κ1) is 11.2. The largest absolute Gasteiger partial charge is 0.346 e. The second kappa shape index (κ2) is 5.81. The van der Waals surface area contributed by atoms with Crippen LogP contribution in [0.2, 0.25) is 0 Å². The van der Waals surface area contributed by atoms with Crippen LogP contribution in [0.15, 0.2) is 6.20 Å². The van der Waals surface area contributed by atoms with Crippen LogP contribution < -0.4 is 5.73 Å². The number of nitrogens with two attached hydrogens (primary N) is 1. The topological polar surface area (TPSA) is 54.7 Å². The van der Waals surface area contributed by atoms with Crippen molar-refractivity contribution in [2.45, 2.75) is 45.4 Å². The van der Waals surface area contributed by atoms with Crippen molar-refractivity contribution in [1.82, 2.24) is 9.97 Å². The molecule has 3 heteroatoms. The van der Waals surface area contributed by atoms with Gasteiger partial charge in [-0.25, -0.2) is 4.98 Å². The van der Waals surface area contributed by atoms with E-state index in [1.165, 1.54) is 18.5 Å². The Morgan fingerprint density at radius 3 is 2.71 bits per heavy atom. The summed E-state index contributed by atoms with van der Waals surface area (Å²) in [5.41, 5.74) is 6.66. The van der Waals surface area contributed by atoms with Crippen molar-refractivity contribution in [3.63, 3.8) is 0 Å². The average molecular weight is 195 g/mol. The molecule has 3 nitrogen and oxygen atoms in total. The number of H-pyrrole nitrogens is 1. The Morgan fingerprint density at radius 2 is 2.14 bits per heavy atom. The fourth-order valence-corrected chi connectivity index (χ4v) is 1.41. The van der Waals surface area contributed by atoms with E-state index in [1.54, 1.807) is 0 Å². The molecule has 0 bridgehead atoms. The first-order valence-electron chi connectivity index (χ1n) is 5.48. The number of aromatic nitrogens is 2. The van der Waals surface area contributed by atoms with E-state index in [0.717, 1.165) is 25.2 Å². The third-order valence-corrected chi connectivity index (χ3v) is 2.39. The molecular weight excluding hydrogens is 174 g/mol. The van der Waals surface area contributed by atoms with Crippen molar-refractivity contribution in [2.24, 2.45) is 5.73 Å². The zero-order valence-corrected chi connectivity index (χ0v) is 9.21. The van der Waals surface area contributed by atoms with Crippen LogP contribution in [0.1, 0.15) is 50.5 Å². The van der Waals surface area contributed by atoms with E-state index in [9.17, 15) is 0 Å². The summed E-state index contributed by atoms with van der Waals surface area (Å²) in [4.78, 5) is 7.70. The van der Waals surface area contributed by atoms with Gasteiger partial charge in [0.2, 0.25) is 0 Å². The molecule has 0 aliphatic rings. The highest BCUT2D eigenvalue weighted by atomic mass is 14.9. The first-order valence-corrected chi connectivity index (χ1v) is 5.48. The molecule has 14 heavy (non-hydrogen) atoms. The molecule has 1 aromatic heterocycles. The van der Waals surface area contributed by atoms with Crippen LogP contribution in [0.4, 0.5) is 0 Å². The van der Waals surface area contributed by atoms with Crippen molar-refractivity contribution in [1.29, 1.82) is 0 Å². The Bertz CT molecular complexity index is 253. The Balaban J connectivity index is 2.29. The highest BCUT2D eigenvalue weighted by Crippen LogP contribution is 2.12. The number of unbranched alkanes of at least 4 members (excludes halogenated alkanes) is 2. The quantitative estimate of drug-likeness (QED) is 0.684. The Morgan fingerprint density at radius 1 is 1.36 bits per heavy atom. The van der Waals surface area contributed by atoms with Crippen molar-refractivity contribution in [2.75, 3.05) is 6.54 Å². The summed E-state index contributed by atoms with van der Waals surface area (Å²) in [6.07, 6.45) is 6.50. The number of aryl methyl sites for hydroxylation is 1. The number of rotatable bonds is 6. The number of nitrogens with one attached hydrogen (secondary N) is 1. The van der Waals surface area contributed by atoms with Gasteiger partial charge in [0.25, 0.3) is 0 Å². The van der Waals surface area contributed by atoms with Crippen LogP contribution in [0.3, 0.4) is 0 Å². The molecule has 0 unspecified atom stereocenters. The molecule has 0 aliphatic carbocycles. The van der Waals surface area contributed by atoms with Gasteiger partial charge in [-0.2, -0.15) is 0 Å². The molecule has 0 saturated carbocycles. The monoisotopic (exact) mass is 195 g/mol. The van der Waals surface area contributed by atoms with E-state index in [2.05, 4.69) is 23.8 Å². The number of hydrogen-bond acceptors (Lipinski definition) is 2. The van der Waals surface area contributed by atoms with Crippen molar-refractivity contribution in [3.8, 4) is 0 Å². The van der Waals surface area contributed by atoms with Crippen molar-refractivity contribution in [3.05, 3.63) is 17.7 Å². The maximum Gasteiger partial charge on any atom is 0.106 e. The second-order valence-corrected chi connectivity index (χ2v) is 4.04. The van der Waals surface area contributed by atoms with Gasteiger partial charge in [-0.05, 0) is 25.3 Å². The molecule has 0 saturated heterocycles. The molecule has 0 aliphatic heterocycles. The summed E-state index contributed by atoms with van der Waals surface area (Å²) in [6.45, 7) is 5.15.